The average Bonchev–Trinajstić information content (AvgIpc) is 2.83. The van der Waals surface area contributed by atoms with E-state index in [1.54, 1.807) is 20.8 Å². The summed E-state index contributed by atoms with van der Waals surface area (Å²) in [6, 6.07) is 4.02. The van der Waals surface area contributed by atoms with E-state index < -0.39 is 29.2 Å². The number of carboxylic acid groups (broad SMARTS) is 1. The van der Waals surface area contributed by atoms with Gasteiger partial charge in [0.15, 0.2) is 5.78 Å². The number of fused-ring (bicyclic) bond motifs is 1. The molecule has 3 N–H and O–H groups in total. The van der Waals surface area contributed by atoms with Gasteiger partial charge in [-0.05, 0) is 39.0 Å². The van der Waals surface area contributed by atoms with E-state index >= 15 is 0 Å². The molecule has 0 unspecified atom stereocenters. The summed E-state index contributed by atoms with van der Waals surface area (Å²) in [5.41, 5.74) is -0.542. The van der Waals surface area contributed by atoms with Gasteiger partial charge >= 0.3 is 12.1 Å². The first-order chi connectivity index (χ1) is 11.5. The molecule has 0 radical (unpaired) electrons. The van der Waals surface area contributed by atoms with Crippen LogP contribution in [-0.4, -0.2) is 43.3 Å². The quantitative estimate of drug-likeness (QED) is 0.443. The number of aliphatic hydroxyl groups is 1. The number of phenols is 1. The number of aromatic hydroxyl groups is 1. The third-order valence-electron chi connectivity index (χ3n) is 3.13. The molecule has 0 spiro atoms. The lowest BCUT2D eigenvalue weighted by Gasteiger charge is -2.19. The Labute approximate surface area is 142 Å². The van der Waals surface area contributed by atoms with E-state index in [0.29, 0.717) is 11.6 Å². The van der Waals surface area contributed by atoms with Crippen LogP contribution in [0.1, 0.15) is 31.1 Å². The van der Waals surface area contributed by atoms with Gasteiger partial charge in [-0.3, -0.25) is 9.36 Å². The number of nitrogens with zero attached hydrogens (tertiary/aromatic N) is 1. The summed E-state index contributed by atoms with van der Waals surface area (Å²) >= 11 is 0. The maximum atomic E-state index is 12.3. The molecule has 1 heterocycles. The monoisotopic (exact) mass is 347 g/mol. The van der Waals surface area contributed by atoms with E-state index in [1.165, 1.54) is 24.4 Å². The number of hydrogen-bond acceptors (Lipinski definition) is 6. The van der Waals surface area contributed by atoms with E-state index in [1.807, 2.05) is 0 Å². The summed E-state index contributed by atoms with van der Waals surface area (Å²) in [5.74, 6) is -3.77. The third kappa shape index (κ3) is 3.97. The maximum Gasteiger partial charge on any atom is 0.419 e. The first-order valence-corrected chi connectivity index (χ1v) is 7.25. The summed E-state index contributed by atoms with van der Waals surface area (Å²) in [6.07, 6.45) is 0.959. The van der Waals surface area contributed by atoms with Gasteiger partial charge in [-0.15, -0.1) is 0 Å². The number of rotatable bonds is 3. The molecule has 0 atom stereocenters. The number of allylic oxidation sites excluding steroid dienone is 1. The van der Waals surface area contributed by atoms with Crippen molar-refractivity contribution in [3.05, 3.63) is 41.8 Å². The molecule has 2 aromatic rings. The predicted octanol–water partition coefficient (Wildman–Crippen LogP) is 2.84. The molecule has 1 aromatic carbocycles. The van der Waals surface area contributed by atoms with Crippen LogP contribution >= 0.6 is 0 Å². The van der Waals surface area contributed by atoms with Crippen LogP contribution in [0.3, 0.4) is 0 Å². The summed E-state index contributed by atoms with van der Waals surface area (Å²) in [4.78, 5) is 35.3. The van der Waals surface area contributed by atoms with Crippen LogP contribution < -0.4 is 0 Å². The predicted molar refractivity (Wildman–Crippen MR) is 87.9 cm³/mol. The standard InChI is InChI=1S/C17H17NO7/c1-17(2,3)25-16(24)18-8-11(13(20)7-14(21)15(22)23)10-6-9(19)4-5-12(10)18/h4-8,19,21H,1-3H3,(H,22,23). The molecule has 8 nitrogen and oxygen atoms in total. The number of aromatic nitrogens is 1. The second-order valence-electron chi connectivity index (χ2n) is 6.29. The van der Waals surface area contributed by atoms with E-state index in [2.05, 4.69) is 0 Å². The number of aliphatic carboxylic acids is 1. The van der Waals surface area contributed by atoms with Crippen molar-refractivity contribution in [2.24, 2.45) is 0 Å². The summed E-state index contributed by atoms with van der Waals surface area (Å²) < 4.78 is 6.35. The number of hydrogen-bond donors (Lipinski definition) is 3. The van der Waals surface area contributed by atoms with Crippen molar-refractivity contribution in [1.29, 1.82) is 0 Å². The molecule has 0 saturated carbocycles. The Morgan fingerprint density at radius 1 is 1.16 bits per heavy atom. The van der Waals surface area contributed by atoms with Gasteiger partial charge in [-0.2, -0.15) is 0 Å². The number of ether oxygens (including phenoxy) is 1. The first kappa shape index (κ1) is 18.1. The number of carbonyl (C=O) groups is 3. The Morgan fingerprint density at radius 3 is 2.36 bits per heavy atom. The fourth-order valence-electron chi connectivity index (χ4n) is 2.14. The van der Waals surface area contributed by atoms with Gasteiger partial charge in [0.1, 0.15) is 11.4 Å². The number of carbonyl (C=O) groups excluding carboxylic acids is 2. The molecular weight excluding hydrogens is 330 g/mol. The van der Waals surface area contributed by atoms with Crippen molar-refractivity contribution in [3.63, 3.8) is 0 Å². The zero-order chi connectivity index (χ0) is 18.9. The van der Waals surface area contributed by atoms with Gasteiger partial charge in [-0.25, -0.2) is 9.59 Å². The number of ketones is 1. The van der Waals surface area contributed by atoms with E-state index in [-0.39, 0.29) is 16.7 Å². The topological polar surface area (TPSA) is 126 Å². The molecule has 0 aliphatic rings. The average molecular weight is 347 g/mol. The van der Waals surface area contributed by atoms with Gasteiger partial charge in [0, 0.05) is 23.2 Å². The number of carboxylic acids is 1. The molecule has 2 rings (SSSR count). The molecule has 0 aliphatic carbocycles. The van der Waals surface area contributed by atoms with Gasteiger partial charge in [0.25, 0.3) is 0 Å². The summed E-state index contributed by atoms with van der Waals surface area (Å²) in [5, 5.41) is 27.8. The molecule has 0 aliphatic heterocycles. The molecule has 0 bridgehead atoms. The van der Waals surface area contributed by atoms with E-state index in [4.69, 9.17) is 9.84 Å². The lowest BCUT2D eigenvalue weighted by molar-refractivity contribution is -0.135. The van der Waals surface area contributed by atoms with Crippen molar-refractivity contribution >= 4 is 28.7 Å². The number of benzene rings is 1. The zero-order valence-electron chi connectivity index (χ0n) is 13.8. The zero-order valence-corrected chi connectivity index (χ0v) is 13.8. The van der Waals surface area contributed by atoms with Crippen molar-refractivity contribution in [2.45, 2.75) is 26.4 Å². The smallest absolute Gasteiger partial charge is 0.419 e. The molecular formula is C17H17NO7. The van der Waals surface area contributed by atoms with Gasteiger partial charge in [0.05, 0.1) is 5.52 Å². The van der Waals surface area contributed by atoms with E-state index in [9.17, 15) is 24.6 Å². The van der Waals surface area contributed by atoms with Gasteiger partial charge in [0.2, 0.25) is 5.76 Å². The van der Waals surface area contributed by atoms with Crippen molar-refractivity contribution in [3.8, 4) is 5.75 Å². The Kier molecular flexibility index (Phi) is 4.56. The van der Waals surface area contributed by atoms with Crippen LogP contribution in [0.15, 0.2) is 36.2 Å². The molecule has 8 heteroatoms. The third-order valence-corrected chi connectivity index (χ3v) is 3.13. The lowest BCUT2D eigenvalue weighted by atomic mass is 10.1. The van der Waals surface area contributed by atoms with Crippen LogP contribution in [0, 0.1) is 0 Å². The second kappa shape index (κ2) is 6.31. The fraction of sp³-hybridized carbons (Fsp3) is 0.235. The Balaban J connectivity index is 2.60. The highest BCUT2D eigenvalue weighted by Crippen LogP contribution is 2.27. The second-order valence-corrected chi connectivity index (χ2v) is 6.29. The highest BCUT2D eigenvalue weighted by molar-refractivity contribution is 6.16. The Hall–Kier alpha value is -3.29. The minimum absolute atomic E-state index is 0.0652. The molecule has 1 aromatic heterocycles. The maximum absolute atomic E-state index is 12.3. The summed E-state index contributed by atoms with van der Waals surface area (Å²) in [6.45, 7) is 5.05. The minimum atomic E-state index is -1.66. The SMILES string of the molecule is CC(C)(C)OC(=O)n1cc(C(=O)C=C(O)C(=O)O)c2cc(O)ccc21. The number of aliphatic hydroxyl groups excluding tert-OH is 1. The largest absolute Gasteiger partial charge is 0.508 e. The normalized spacial score (nSPS) is 12.2. The van der Waals surface area contributed by atoms with E-state index in [0.717, 1.165) is 4.57 Å². The van der Waals surface area contributed by atoms with Crippen LogP contribution in [0.2, 0.25) is 0 Å². The van der Waals surface area contributed by atoms with Crippen LogP contribution in [0.5, 0.6) is 5.75 Å². The van der Waals surface area contributed by atoms with Crippen molar-refractivity contribution < 1.29 is 34.4 Å². The number of phenolic OH excluding ortho intramolecular Hbond substituents is 1. The highest BCUT2D eigenvalue weighted by atomic mass is 16.6. The lowest BCUT2D eigenvalue weighted by Crippen LogP contribution is -2.26. The molecule has 0 fully saturated rings. The van der Waals surface area contributed by atoms with Gasteiger partial charge in [-0.1, -0.05) is 0 Å². The van der Waals surface area contributed by atoms with Crippen LogP contribution in [0.25, 0.3) is 10.9 Å². The Morgan fingerprint density at radius 2 is 1.80 bits per heavy atom. The molecule has 132 valence electrons. The van der Waals surface area contributed by atoms with Gasteiger partial charge < -0.3 is 20.1 Å². The van der Waals surface area contributed by atoms with Crippen LogP contribution in [0.4, 0.5) is 4.79 Å². The van der Waals surface area contributed by atoms with Crippen molar-refractivity contribution in [1.82, 2.24) is 4.57 Å². The molecule has 0 saturated heterocycles. The fourth-order valence-corrected chi connectivity index (χ4v) is 2.14. The Bertz CT molecular complexity index is 900. The summed E-state index contributed by atoms with van der Waals surface area (Å²) in [7, 11) is 0. The highest BCUT2D eigenvalue weighted by Gasteiger charge is 2.23. The molecule has 25 heavy (non-hydrogen) atoms. The first-order valence-electron chi connectivity index (χ1n) is 7.25. The molecule has 0 amide bonds. The van der Waals surface area contributed by atoms with Crippen molar-refractivity contribution in [2.75, 3.05) is 0 Å². The minimum Gasteiger partial charge on any atom is -0.508 e. The van der Waals surface area contributed by atoms with Crippen LogP contribution in [-0.2, 0) is 9.53 Å².